The Bertz CT molecular complexity index is 893. The van der Waals surface area contributed by atoms with Gasteiger partial charge >= 0.3 is 0 Å². The normalized spacial score (nSPS) is 11.2. The fourth-order valence-electron chi connectivity index (χ4n) is 2.74. The second-order valence-electron chi connectivity index (χ2n) is 5.12. The van der Waals surface area contributed by atoms with E-state index in [1.54, 1.807) is 29.2 Å². The SMILES string of the molecule is CCN(CC)c1c(F)c(C#N)c2c(c1C#N)Oc1ccccc1O2. The highest BCUT2D eigenvalue weighted by Gasteiger charge is 2.33. The third kappa shape index (κ3) is 2.21. The van der Waals surface area contributed by atoms with E-state index in [1.807, 2.05) is 26.0 Å². The Labute approximate surface area is 139 Å². The molecule has 0 bridgehead atoms. The molecule has 2 aromatic carbocycles. The topological polar surface area (TPSA) is 69.3 Å². The van der Waals surface area contributed by atoms with Crippen LogP contribution in [0.4, 0.5) is 10.1 Å². The van der Waals surface area contributed by atoms with Crippen LogP contribution in [0.15, 0.2) is 24.3 Å². The quantitative estimate of drug-likeness (QED) is 0.718. The van der Waals surface area contributed by atoms with E-state index in [-0.39, 0.29) is 28.3 Å². The molecular weight excluding hydrogens is 309 g/mol. The smallest absolute Gasteiger partial charge is 0.192 e. The number of halogens is 1. The first kappa shape index (κ1) is 15.6. The van der Waals surface area contributed by atoms with Crippen LogP contribution in [0.2, 0.25) is 0 Å². The van der Waals surface area contributed by atoms with Crippen LogP contribution in [0.25, 0.3) is 0 Å². The van der Waals surface area contributed by atoms with Crippen LogP contribution in [0, 0.1) is 28.5 Å². The number of anilines is 1. The molecule has 0 saturated heterocycles. The number of ether oxygens (including phenoxy) is 2. The minimum absolute atomic E-state index is 0.0275. The number of hydrogen-bond donors (Lipinski definition) is 0. The molecule has 3 rings (SSSR count). The average molecular weight is 323 g/mol. The van der Waals surface area contributed by atoms with E-state index < -0.39 is 5.82 Å². The van der Waals surface area contributed by atoms with Crippen molar-refractivity contribution in [3.63, 3.8) is 0 Å². The minimum atomic E-state index is -0.764. The van der Waals surface area contributed by atoms with Crippen molar-refractivity contribution in [2.75, 3.05) is 18.0 Å². The van der Waals surface area contributed by atoms with Crippen LogP contribution < -0.4 is 14.4 Å². The van der Waals surface area contributed by atoms with Crippen molar-refractivity contribution in [2.24, 2.45) is 0 Å². The summed E-state index contributed by atoms with van der Waals surface area (Å²) < 4.78 is 26.4. The molecule has 0 amide bonds. The molecule has 0 atom stereocenters. The van der Waals surface area contributed by atoms with E-state index in [0.29, 0.717) is 24.6 Å². The van der Waals surface area contributed by atoms with Crippen LogP contribution in [0.5, 0.6) is 23.0 Å². The van der Waals surface area contributed by atoms with Gasteiger partial charge in [0.25, 0.3) is 0 Å². The lowest BCUT2D eigenvalue weighted by Gasteiger charge is -2.28. The molecule has 2 aromatic rings. The van der Waals surface area contributed by atoms with Crippen LogP contribution in [0.1, 0.15) is 25.0 Å². The molecule has 0 spiro atoms. The summed E-state index contributed by atoms with van der Waals surface area (Å²) in [5.74, 6) is 0.0551. The van der Waals surface area contributed by atoms with Gasteiger partial charge in [0.1, 0.15) is 23.3 Å². The van der Waals surface area contributed by atoms with Crippen molar-refractivity contribution in [1.29, 1.82) is 10.5 Å². The van der Waals surface area contributed by atoms with Crippen molar-refractivity contribution in [1.82, 2.24) is 0 Å². The van der Waals surface area contributed by atoms with Gasteiger partial charge in [-0.2, -0.15) is 10.5 Å². The highest BCUT2D eigenvalue weighted by molar-refractivity contribution is 5.76. The summed E-state index contributed by atoms with van der Waals surface area (Å²) >= 11 is 0. The fraction of sp³-hybridized carbons (Fsp3) is 0.222. The summed E-state index contributed by atoms with van der Waals surface area (Å²) in [7, 11) is 0. The van der Waals surface area contributed by atoms with Gasteiger partial charge in [0.05, 0.1) is 5.69 Å². The highest BCUT2D eigenvalue weighted by atomic mass is 19.1. The zero-order chi connectivity index (χ0) is 17.3. The predicted octanol–water partition coefficient (Wildman–Crippen LogP) is 4.31. The highest BCUT2D eigenvalue weighted by Crippen LogP contribution is 2.51. The molecule has 0 aromatic heterocycles. The Morgan fingerprint density at radius 2 is 1.46 bits per heavy atom. The van der Waals surface area contributed by atoms with E-state index in [0.717, 1.165) is 0 Å². The van der Waals surface area contributed by atoms with Gasteiger partial charge in [0, 0.05) is 13.1 Å². The lowest BCUT2D eigenvalue weighted by Crippen LogP contribution is -2.25. The Morgan fingerprint density at radius 3 is 1.92 bits per heavy atom. The van der Waals surface area contributed by atoms with E-state index in [4.69, 9.17) is 9.47 Å². The fourth-order valence-corrected chi connectivity index (χ4v) is 2.74. The standard InChI is InChI=1S/C18H14FN3O2/c1-3-22(4-2)16-12(10-21)18-17(11(9-20)15(16)19)23-13-7-5-6-8-14(13)24-18/h5-8H,3-4H2,1-2H3. The molecule has 1 heterocycles. The van der Waals surface area contributed by atoms with Gasteiger partial charge < -0.3 is 14.4 Å². The largest absolute Gasteiger partial charge is 0.448 e. The zero-order valence-electron chi connectivity index (χ0n) is 13.3. The Balaban J connectivity index is 2.32. The van der Waals surface area contributed by atoms with E-state index in [1.165, 1.54) is 0 Å². The maximum atomic E-state index is 15.0. The molecule has 0 aliphatic carbocycles. The number of fused-ring (bicyclic) bond motifs is 2. The minimum Gasteiger partial charge on any atom is -0.448 e. The first-order chi connectivity index (χ1) is 11.7. The average Bonchev–Trinajstić information content (AvgIpc) is 2.61. The summed E-state index contributed by atoms with van der Waals surface area (Å²) in [4.78, 5) is 1.68. The van der Waals surface area contributed by atoms with Gasteiger partial charge in [0.2, 0.25) is 0 Å². The van der Waals surface area contributed by atoms with Gasteiger partial charge in [-0.05, 0) is 26.0 Å². The molecule has 5 nitrogen and oxygen atoms in total. The number of nitrogens with zero attached hydrogens (tertiary/aromatic N) is 3. The molecule has 0 fully saturated rings. The van der Waals surface area contributed by atoms with Crippen molar-refractivity contribution < 1.29 is 13.9 Å². The number of hydrogen-bond acceptors (Lipinski definition) is 5. The van der Waals surface area contributed by atoms with E-state index in [9.17, 15) is 14.9 Å². The molecule has 24 heavy (non-hydrogen) atoms. The summed E-state index contributed by atoms with van der Waals surface area (Å²) in [6.45, 7) is 4.68. The monoisotopic (exact) mass is 323 g/mol. The first-order valence-corrected chi connectivity index (χ1v) is 7.55. The Morgan fingerprint density at radius 1 is 0.958 bits per heavy atom. The summed E-state index contributed by atoms with van der Waals surface area (Å²) in [5, 5.41) is 19.0. The molecule has 1 aliphatic heterocycles. The van der Waals surface area contributed by atoms with Crippen LogP contribution in [-0.2, 0) is 0 Å². The van der Waals surface area contributed by atoms with E-state index >= 15 is 0 Å². The molecule has 120 valence electrons. The maximum absolute atomic E-state index is 15.0. The lowest BCUT2D eigenvalue weighted by molar-refractivity contribution is 0.355. The molecule has 1 aliphatic rings. The van der Waals surface area contributed by atoms with Gasteiger partial charge in [-0.15, -0.1) is 0 Å². The molecule has 0 unspecified atom stereocenters. The maximum Gasteiger partial charge on any atom is 0.192 e. The third-order valence-corrected chi connectivity index (χ3v) is 3.90. The van der Waals surface area contributed by atoms with Gasteiger partial charge in [-0.1, -0.05) is 12.1 Å². The molecule has 6 heteroatoms. The first-order valence-electron chi connectivity index (χ1n) is 7.55. The zero-order valence-corrected chi connectivity index (χ0v) is 13.3. The van der Waals surface area contributed by atoms with Gasteiger partial charge in [-0.3, -0.25) is 0 Å². The number of para-hydroxylation sites is 2. The van der Waals surface area contributed by atoms with Gasteiger partial charge in [-0.25, -0.2) is 4.39 Å². The summed E-state index contributed by atoms with van der Waals surface area (Å²) in [5.41, 5.74) is -0.166. The van der Waals surface area contributed by atoms with Gasteiger partial charge in [0.15, 0.2) is 28.8 Å². The van der Waals surface area contributed by atoms with Crippen LogP contribution in [-0.4, -0.2) is 13.1 Å². The second-order valence-corrected chi connectivity index (χ2v) is 5.12. The van der Waals surface area contributed by atoms with Crippen LogP contribution in [0.3, 0.4) is 0 Å². The third-order valence-electron chi connectivity index (χ3n) is 3.90. The Kier molecular flexibility index (Phi) is 3.97. The predicted molar refractivity (Wildman–Crippen MR) is 86.0 cm³/mol. The van der Waals surface area contributed by atoms with Crippen molar-refractivity contribution in [2.45, 2.75) is 13.8 Å². The van der Waals surface area contributed by atoms with Crippen molar-refractivity contribution in [3.05, 3.63) is 41.2 Å². The lowest BCUT2D eigenvalue weighted by atomic mass is 10.0. The molecule has 0 N–H and O–H groups in total. The molecular formula is C18H14FN3O2. The van der Waals surface area contributed by atoms with Crippen LogP contribution >= 0.6 is 0 Å². The van der Waals surface area contributed by atoms with Crippen molar-refractivity contribution >= 4 is 5.69 Å². The molecule has 0 saturated carbocycles. The number of rotatable bonds is 3. The molecule has 0 radical (unpaired) electrons. The Hall–Kier alpha value is -3.25. The number of benzene rings is 2. The second kappa shape index (κ2) is 6.10. The summed E-state index contributed by atoms with van der Waals surface area (Å²) in [6, 6.07) is 10.7. The summed E-state index contributed by atoms with van der Waals surface area (Å²) in [6.07, 6.45) is 0. The van der Waals surface area contributed by atoms with Crippen molar-refractivity contribution in [3.8, 4) is 35.1 Å². The number of nitriles is 2. The van der Waals surface area contributed by atoms with E-state index in [2.05, 4.69) is 0 Å².